The quantitative estimate of drug-likeness (QED) is 0.795. The van der Waals surface area contributed by atoms with E-state index in [1.807, 2.05) is 18.2 Å². The summed E-state index contributed by atoms with van der Waals surface area (Å²) >= 11 is 0. The van der Waals surface area contributed by atoms with Crippen molar-refractivity contribution in [3.8, 4) is 0 Å². The molecule has 4 heteroatoms. The zero-order chi connectivity index (χ0) is 18.7. The van der Waals surface area contributed by atoms with Crippen LogP contribution in [0.5, 0.6) is 0 Å². The molecule has 4 rings (SSSR count). The Balaban J connectivity index is 1.54. The van der Waals surface area contributed by atoms with Crippen LogP contribution in [0, 0.1) is 0 Å². The summed E-state index contributed by atoms with van der Waals surface area (Å²) in [5, 5.41) is 3.39. The molecule has 0 bridgehead atoms. The number of amides is 1. The van der Waals surface area contributed by atoms with E-state index < -0.39 is 0 Å². The van der Waals surface area contributed by atoms with Gasteiger partial charge in [-0.15, -0.1) is 0 Å². The Hall–Kier alpha value is -2.17. The van der Waals surface area contributed by atoms with Gasteiger partial charge in [-0.1, -0.05) is 54.6 Å². The Bertz CT molecular complexity index is 779. The molecule has 0 radical (unpaired) electrons. The molecule has 1 heterocycles. The van der Waals surface area contributed by atoms with E-state index in [2.05, 4.69) is 46.6 Å². The van der Waals surface area contributed by atoms with Gasteiger partial charge in [0.15, 0.2) is 0 Å². The van der Waals surface area contributed by atoms with Crippen molar-refractivity contribution in [1.82, 2.24) is 10.2 Å². The molecule has 1 saturated heterocycles. The minimum Gasteiger partial charge on any atom is -0.347 e. The molecule has 27 heavy (non-hydrogen) atoms. The van der Waals surface area contributed by atoms with Gasteiger partial charge in [0.05, 0.1) is 11.5 Å². The monoisotopic (exact) mass is 363 g/mol. The standard InChI is InChI=1S/C23H29N3O/c24-16-18-7-6-10-20(15-18)23(11-12-23)22(27)25-21(17-26-13-4-5-14-26)19-8-2-1-3-9-19/h1-3,6-10,15,21H,4-5,11-14,16-17,24H2,(H,25,27). The summed E-state index contributed by atoms with van der Waals surface area (Å²) in [5.74, 6) is 0.157. The molecule has 0 spiro atoms. The van der Waals surface area contributed by atoms with Crippen molar-refractivity contribution in [2.45, 2.75) is 43.7 Å². The summed E-state index contributed by atoms with van der Waals surface area (Å²) in [6.07, 6.45) is 4.34. The zero-order valence-corrected chi connectivity index (χ0v) is 15.9. The molecule has 2 aliphatic rings. The van der Waals surface area contributed by atoms with Crippen LogP contribution in [0.3, 0.4) is 0 Å². The summed E-state index contributed by atoms with van der Waals surface area (Å²) in [5.41, 5.74) is 8.81. The van der Waals surface area contributed by atoms with Crippen molar-refractivity contribution in [3.05, 3.63) is 71.3 Å². The normalized spacial score (nSPS) is 19.6. The highest BCUT2D eigenvalue weighted by Crippen LogP contribution is 2.49. The van der Waals surface area contributed by atoms with Crippen molar-refractivity contribution in [2.75, 3.05) is 19.6 Å². The number of rotatable bonds is 7. The Morgan fingerprint density at radius 2 is 1.81 bits per heavy atom. The van der Waals surface area contributed by atoms with Crippen LogP contribution in [-0.4, -0.2) is 30.4 Å². The highest BCUT2D eigenvalue weighted by Gasteiger charge is 2.51. The fraction of sp³-hybridized carbons (Fsp3) is 0.435. The molecule has 1 atom stereocenters. The number of hydrogen-bond acceptors (Lipinski definition) is 3. The SMILES string of the molecule is NCc1cccc(C2(C(=O)NC(CN3CCCC3)c3ccccc3)CC2)c1. The number of benzene rings is 2. The van der Waals surface area contributed by atoms with Crippen molar-refractivity contribution in [1.29, 1.82) is 0 Å². The largest absolute Gasteiger partial charge is 0.347 e. The molecule has 3 N–H and O–H groups in total. The van der Waals surface area contributed by atoms with E-state index in [1.165, 1.54) is 18.4 Å². The van der Waals surface area contributed by atoms with Crippen LogP contribution in [0.25, 0.3) is 0 Å². The predicted molar refractivity (Wildman–Crippen MR) is 108 cm³/mol. The second kappa shape index (κ2) is 7.83. The van der Waals surface area contributed by atoms with Crippen molar-refractivity contribution >= 4 is 5.91 Å². The van der Waals surface area contributed by atoms with Crippen LogP contribution in [-0.2, 0) is 16.8 Å². The van der Waals surface area contributed by atoms with Gasteiger partial charge in [-0.3, -0.25) is 4.79 Å². The van der Waals surface area contributed by atoms with Gasteiger partial charge >= 0.3 is 0 Å². The lowest BCUT2D eigenvalue weighted by atomic mass is 9.92. The van der Waals surface area contributed by atoms with Crippen LogP contribution in [0.1, 0.15) is 48.4 Å². The second-order valence-electron chi connectivity index (χ2n) is 7.93. The van der Waals surface area contributed by atoms with Gasteiger partial charge in [-0.2, -0.15) is 0 Å². The van der Waals surface area contributed by atoms with Crippen LogP contribution in [0.15, 0.2) is 54.6 Å². The third kappa shape index (κ3) is 3.92. The molecule has 2 aromatic rings. The molecule has 4 nitrogen and oxygen atoms in total. The average molecular weight is 364 g/mol. The fourth-order valence-corrected chi connectivity index (χ4v) is 4.21. The lowest BCUT2D eigenvalue weighted by Crippen LogP contribution is -2.41. The van der Waals surface area contributed by atoms with Gasteiger partial charge in [0.2, 0.25) is 5.91 Å². The first kappa shape index (κ1) is 18.2. The van der Waals surface area contributed by atoms with Gasteiger partial charge < -0.3 is 16.0 Å². The number of nitrogens with zero attached hydrogens (tertiary/aromatic N) is 1. The van der Waals surface area contributed by atoms with E-state index in [0.717, 1.165) is 43.6 Å². The number of likely N-dealkylation sites (tertiary alicyclic amines) is 1. The van der Waals surface area contributed by atoms with Crippen molar-refractivity contribution in [3.63, 3.8) is 0 Å². The first-order valence-electron chi connectivity index (χ1n) is 10.1. The summed E-state index contributed by atoms with van der Waals surface area (Å²) in [6.45, 7) is 3.65. The summed E-state index contributed by atoms with van der Waals surface area (Å²) < 4.78 is 0. The third-order valence-electron chi connectivity index (χ3n) is 6.05. The fourth-order valence-electron chi connectivity index (χ4n) is 4.21. The maximum Gasteiger partial charge on any atom is 0.231 e. The Labute approximate surface area is 161 Å². The molecule has 1 unspecified atom stereocenters. The Morgan fingerprint density at radius 1 is 1.07 bits per heavy atom. The molecule has 1 aliphatic heterocycles. The molecular formula is C23H29N3O. The topological polar surface area (TPSA) is 58.4 Å². The second-order valence-corrected chi connectivity index (χ2v) is 7.93. The predicted octanol–water partition coefficient (Wildman–Crippen LogP) is 3.13. The molecule has 0 aromatic heterocycles. The van der Waals surface area contributed by atoms with E-state index in [1.54, 1.807) is 0 Å². The average Bonchev–Trinajstić information content (AvgIpc) is 3.38. The summed E-state index contributed by atoms with van der Waals surface area (Å²) in [4.78, 5) is 15.8. The van der Waals surface area contributed by atoms with Gasteiger partial charge in [-0.25, -0.2) is 0 Å². The maximum absolute atomic E-state index is 13.3. The molecule has 1 saturated carbocycles. The number of carbonyl (C=O) groups is 1. The van der Waals surface area contributed by atoms with E-state index >= 15 is 0 Å². The van der Waals surface area contributed by atoms with Crippen molar-refractivity contribution in [2.24, 2.45) is 5.73 Å². The lowest BCUT2D eigenvalue weighted by molar-refractivity contribution is -0.124. The highest BCUT2D eigenvalue weighted by atomic mass is 16.2. The molecule has 1 aliphatic carbocycles. The number of hydrogen-bond donors (Lipinski definition) is 2. The van der Waals surface area contributed by atoms with E-state index in [-0.39, 0.29) is 17.4 Å². The smallest absolute Gasteiger partial charge is 0.231 e. The summed E-state index contributed by atoms with van der Waals surface area (Å²) in [7, 11) is 0. The minimum atomic E-state index is -0.372. The van der Waals surface area contributed by atoms with Crippen LogP contribution >= 0.6 is 0 Å². The van der Waals surface area contributed by atoms with Crippen LogP contribution in [0.2, 0.25) is 0 Å². The number of nitrogens with one attached hydrogen (secondary N) is 1. The molecule has 1 amide bonds. The number of carbonyl (C=O) groups excluding carboxylic acids is 1. The maximum atomic E-state index is 13.3. The molecule has 2 fully saturated rings. The lowest BCUT2D eigenvalue weighted by Gasteiger charge is -2.27. The van der Waals surface area contributed by atoms with E-state index in [4.69, 9.17) is 5.73 Å². The van der Waals surface area contributed by atoms with E-state index in [0.29, 0.717) is 6.54 Å². The van der Waals surface area contributed by atoms with Gasteiger partial charge in [0.25, 0.3) is 0 Å². The summed E-state index contributed by atoms with van der Waals surface area (Å²) in [6, 6.07) is 18.6. The van der Waals surface area contributed by atoms with Gasteiger partial charge in [0, 0.05) is 13.1 Å². The molecule has 2 aromatic carbocycles. The number of nitrogens with two attached hydrogens (primary N) is 1. The Kier molecular flexibility index (Phi) is 5.28. The van der Waals surface area contributed by atoms with Crippen LogP contribution in [0.4, 0.5) is 0 Å². The van der Waals surface area contributed by atoms with Gasteiger partial charge in [-0.05, 0) is 55.5 Å². The third-order valence-corrected chi connectivity index (χ3v) is 6.05. The highest BCUT2D eigenvalue weighted by molar-refractivity contribution is 5.91. The molecular weight excluding hydrogens is 334 g/mol. The molecule has 142 valence electrons. The van der Waals surface area contributed by atoms with E-state index in [9.17, 15) is 4.79 Å². The first-order chi connectivity index (χ1) is 13.2. The Morgan fingerprint density at radius 3 is 2.48 bits per heavy atom. The minimum absolute atomic E-state index is 0.0342. The zero-order valence-electron chi connectivity index (χ0n) is 15.9. The van der Waals surface area contributed by atoms with Gasteiger partial charge in [0.1, 0.15) is 0 Å². The van der Waals surface area contributed by atoms with Crippen molar-refractivity contribution < 1.29 is 4.79 Å². The first-order valence-corrected chi connectivity index (χ1v) is 10.1. The van der Waals surface area contributed by atoms with Crippen LogP contribution < -0.4 is 11.1 Å².